The van der Waals surface area contributed by atoms with Crippen molar-refractivity contribution >= 4 is 16.6 Å². The zero-order valence-corrected chi connectivity index (χ0v) is 6.44. The molecule has 1 atom stereocenters. The van der Waals surface area contributed by atoms with Crippen LogP contribution in [0.4, 0.5) is 5.82 Å². The predicted octanol–water partition coefficient (Wildman–Crippen LogP) is 0.119. The van der Waals surface area contributed by atoms with Crippen molar-refractivity contribution in [3.05, 3.63) is 6.07 Å². The zero-order chi connectivity index (χ0) is 7.56. The molecule has 0 amide bonds. The van der Waals surface area contributed by atoms with Gasteiger partial charge in [-0.1, -0.05) is 6.92 Å². The third-order valence-corrected chi connectivity index (χ3v) is 2.31. The summed E-state index contributed by atoms with van der Waals surface area (Å²) in [5.74, 6) is 0.971. The maximum atomic E-state index is 11.0. The molecule has 1 heterocycles. The molecule has 1 aromatic rings. The Morgan fingerprint density at radius 2 is 2.60 bits per heavy atom. The average molecular weight is 159 g/mol. The molecule has 0 aromatic carbocycles. The summed E-state index contributed by atoms with van der Waals surface area (Å²) in [5.41, 5.74) is 5.29. The minimum Gasteiger partial charge on any atom is -0.382 e. The Balaban J connectivity index is 2.85. The molecule has 0 radical (unpaired) electrons. The van der Waals surface area contributed by atoms with Crippen LogP contribution >= 0.6 is 0 Å². The minimum atomic E-state index is -0.968. The molecule has 0 saturated carbocycles. The van der Waals surface area contributed by atoms with Crippen LogP contribution in [-0.2, 0) is 10.8 Å². The number of hydrogen-bond donors (Lipinski definition) is 2. The maximum absolute atomic E-state index is 11.0. The Labute approximate surface area is 61.3 Å². The molecule has 0 fully saturated rings. The largest absolute Gasteiger partial charge is 0.382 e. The molecule has 0 saturated heterocycles. The van der Waals surface area contributed by atoms with E-state index in [2.05, 4.69) is 10.2 Å². The van der Waals surface area contributed by atoms with Crippen molar-refractivity contribution in [3.8, 4) is 0 Å². The van der Waals surface area contributed by atoms with Crippen molar-refractivity contribution < 1.29 is 4.21 Å². The van der Waals surface area contributed by atoms with E-state index in [1.807, 2.05) is 6.92 Å². The standard InChI is InChI=1S/C5H9N3OS/c1-2-10(9)5-3-4(6)7-8-5/h3H,2H2,1H3,(H3,6,7,8). The number of rotatable bonds is 2. The molecule has 1 unspecified atom stereocenters. The van der Waals surface area contributed by atoms with Crippen LogP contribution in [0.25, 0.3) is 0 Å². The lowest BCUT2D eigenvalue weighted by Crippen LogP contribution is -1.93. The van der Waals surface area contributed by atoms with Gasteiger partial charge in [-0.05, 0) is 0 Å². The molecule has 0 aliphatic carbocycles. The summed E-state index contributed by atoms with van der Waals surface area (Å²) in [4.78, 5) is 0. The van der Waals surface area contributed by atoms with Crippen LogP contribution in [0.15, 0.2) is 11.1 Å². The van der Waals surface area contributed by atoms with E-state index in [9.17, 15) is 4.21 Å². The van der Waals surface area contributed by atoms with E-state index < -0.39 is 10.8 Å². The molecule has 10 heavy (non-hydrogen) atoms. The number of anilines is 1. The zero-order valence-electron chi connectivity index (χ0n) is 5.63. The van der Waals surface area contributed by atoms with Gasteiger partial charge in [0.1, 0.15) is 10.8 Å². The van der Waals surface area contributed by atoms with E-state index in [0.29, 0.717) is 16.6 Å². The average Bonchev–Trinajstić information content (AvgIpc) is 2.34. The van der Waals surface area contributed by atoms with Gasteiger partial charge in [0.15, 0.2) is 0 Å². The first kappa shape index (κ1) is 7.27. The maximum Gasteiger partial charge on any atom is 0.146 e. The van der Waals surface area contributed by atoms with Gasteiger partial charge in [-0.25, -0.2) is 0 Å². The molecule has 1 aromatic heterocycles. The van der Waals surface area contributed by atoms with Crippen LogP contribution in [-0.4, -0.2) is 20.2 Å². The molecule has 0 bridgehead atoms. The predicted molar refractivity (Wildman–Crippen MR) is 39.9 cm³/mol. The molecule has 0 spiro atoms. The Hall–Kier alpha value is -0.840. The number of hydrogen-bond acceptors (Lipinski definition) is 3. The lowest BCUT2D eigenvalue weighted by atomic mass is 10.7. The van der Waals surface area contributed by atoms with Crippen LogP contribution in [0.1, 0.15) is 6.92 Å². The molecule has 5 heteroatoms. The summed E-state index contributed by atoms with van der Waals surface area (Å²) in [6.07, 6.45) is 0. The number of nitrogens with two attached hydrogens (primary N) is 1. The van der Waals surface area contributed by atoms with Gasteiger partial charge in [0.2, 0.25) is 0 Å². The number of nitrogens with one attached hydrogen (secondary N) is 1. The minimum absolute atomic E-state index is 0.386. The van der Waals surface area contributed by atoms with E-state index in [1.165, 1.54) is 0 Å². The van der Waals surface area contributed by atoms with Gasteiger partial charge in [0.25, 0.3) is 0 Å². The Bertz CT molecular complexity index is 245. The number of H-pyrrole nitrogens is 1. The summed E-state index contributed by atoms with van der Waals surface area (Å²) in [6, 6.07) is 1.58. The highest BCUT2D eigenvalue weighted by Gasteiger charge is 2.02. The number of aromatic amines is 1. The Kier molecular flexibility index (Phi) is 2.06. The fraction of sp³-hybridized carbons (Fsp3) is 0.400. The third-order valence-electron chi connectivity index (χ3n) is 1.08. The van der Waals surface area contributed by atoms with Crippen molar-refractivity contribution in [1.29, 1.82) is 0 Å². The van der Waals surface area contributed by atoms with E-state index >= 15 is 0 Å². The smallest absolute Gasteiger partial charge is 0.146 e. The second kappa shape index (κ2) is 2.83. The Morgan fingerprint density at radius 1 is 1.90 bits per heavy atom. The Morgan fingerprint density at radius 3 is 3.00 bits per heavy atom. The SMILES string of the molecule is CCS(=O)c1cc(N)n[nH]1. The van der Waals surface area contributed by atoms with Crippen molar-refractivity contribution in [2.75, 3.05) is 11.5 Å². The first-order valence-corrected chi connectivity index (χ1v) is 4.25. The highest BCUT2D eigenvalue weighted by molar-refractivity contribution is 7.84. The first-order chi connectivity index (χ1) is 4.74. The molecule has 4 nitrogen and oxygen atoms in total. The van der Waals surface area contributed by atoms with Crippen LogP contribution in [0.3, 0.4) is 0 Å². The third kappa shape index (κ3) is 1.36. The van der Waals surface area contributed by atoms with Gasteiger partial charge in [-0.15, -0.1) is 0 Å². The fourth-order valence-corrected chi connectivity index (χ4v) is 1.30. The number of aromatic nitrogens is 2. The van der Waals surface area contributed by atoms with Crippen molar-refractivity contribution in [1.82, 2.24) is 10.2 Å². The second-order valence-corrected chi connectivity index (χ2v) is 3.50. The summed E-state index contributed by atoms with van der Waals surface area (Å²) in [6.45, 7) is 1.84. The summed E-state index contributed by atoms with van der Waals surface area (Å²) >= 11 is 0. The van der Waals surface area contributed by atoms with E-state index in [-0.39, 0.29) is 0 Å². The van der Waals surface area contributed by atoms with Crippen LogP contribution in [0.5, 0.6) is 0 Å². The van der Waals surface area contributed by atoms with Crippen LogP contribution < -0.4 is 5.73 Å². The van der Waals surface area contributed by atoms with Crippen LogP contribution in [0.2, 0.25) is 0 Å². The molecular formula is C5H9N3OS. The molecule has 0 aliphatic heterocycles. The molecule has 0 aliphatic rings. The summed E-state index contributed by atoms with van der Waals surface area (Å²) in [7, 11) is -0.968. The molecular weight excluding hydrogens is 150 g/mol. The number of nitrogen functional groups attached to an aromatic ring is 1. The van der Waals surface area contributed by atoms with Crippen LogP contribution in [0, 0.1) is 0 Å². The topological polar surface area (TPSA) is 71.8 Å². The van der Waals surface area contributed by atoms with Gasteiger partial charge in [0.05, 0.1) is 10.8 Å². The van der Waals surface area contributed by atoms with Gasteiger partial charge in [-0.2, -0.15) is 5.10 Å². The second-order valence-electron chi connectivity index (χ2n) is 1.79. The quantitative estimate of drug-likeness (QED) is 0.643. The normalized spacial score (nSPS) is 13.3. The lowest BCUT2D eigenvalue weighted by Gasteiger charge is -1.88. The molecule has 3 N–H and O–H groups in total. The van der Waals surface area contributed by atoms with Crippen molar-refractivity contribution in [2.45, 2.75) is 11.9 Å². The van der Waals surface area contributed by atoms with Crippen molar-refractivity contribution in [3.63, 3.8) is 0 Å². The number of nitrogens with zero attached hydrogens (tertiary/aromatic N) is 1. The molecule has 1 rings (SSSR count). The lowest BCUT2D eigenvalue weighted by molar-refractivity contribution is 0.680. The van der Waals surface area contributed by atoms with Gasteiger partial charge in [-0.3, -0.25) is 9.31 Å². The van der Waals surface area contributed by atoms with E-state index in [4.69, 9.17) is 5.73 Å². The van der Waals surface area contributed by atoms with Gasteiger partial charge < -0.3 is 5.73 Å². The summed E-state index contributed by atoms with van der Waals surface area (Å²) in [5, 5.41) is 6.82. The highest BCUT2D eigenvalue weighted by atomic mass is 32.2. The fourth-order valence-electron chi connectivity index (χ4n) is 0.591. The van der Waals surface area contributed by atoms with E-state index in [0.717, 1.165) is 0 Å². The highest BCUT2D eigenvalue weighted by Crippen LogP contribution is 2.04. The molecule has 56 valence electrons. The van der Waals surface area contributed by atoms with Crippen molar-refractivity contribution in [2.24, 2.45) is 0 Å². The summed E-state index contributed by atoms with van der Waals surface area (Å²) < 4.78 is 11.0. The van der Waals surface area contributed by atoms with Gasteiger partial charge >= 0.3 is 0 Å². The van der Waals surface area contributed by atoms with E-state index in [1.54, 1.807) is 6.07 Å². The first-order valence-electron chi connectivity index (χ1n) is 2.93. The monoisotopic (exact) mass is 159 g/mol. The van der Waals surface area contributed by atoms with Gasteiger partial charge in [0, 0.05) is 11.8 Å².